The van der Waals surface area contributed by atoms with Gasteiger partial charge in [-0.2, -0.15) is 5.10 Å². The Morgan fingerprint density at radius 2 is 2.00 bits per heavy atom. The van der Waals surface area contributed by atoms with Crippen LogP contribution in [-0.2, 0) is 22.4 Å². The highest BCUT2D eigenvalue weighted by atomic mass is 16.6. The first-order valence-electron chi connectivity index (χ1n) is 11.4. The number of carbonyl (C=O) groups is 1. The molecule has 0 spiro atoms. The van der Waals surface area contributed by atoms with Gasteiger partial charge in [-0.1, -0.05) is 24.3 Å². The highest BCUT2D eigenvalue weighted by Crippen LogP contribution is 2.33. The number of carbonyl (C=O) groups excluding carboxylic acids is 1. The third kappa shape index (κ3) is 4.09. The summed E-state index contributed by atoms with van der Waals surface area (Å²) in [5, 5.41) is 6.02. The van der Waals surface area contributed by atoms with Crippen LogP contribution in [0.3, 0.4) is 0 Å². The Labute approximate surface area is 188 Å². The SMILES string of the molecule is CC(C)(C)OC(=O)N1CCc2ccc(-c3nn(C4CCCCO4)c4ccccc34)nc2C1. The second kappa shape index (κ2) is 8.20. The lowest BCUT2D eigenvalue weighted by molar-refractivity contribution is -0.0365. The van der Waals surface area contributed by atoms with Crippen molar-refractivity contribution in [2.45, 2.75) is 64.8 Å². The Bertz CT molecular complexity index is 1140. The Morgan fingerprint density at radius 1 is 1.16 bits per heavy atom. The average molecular weight is 435 g/mol. The maximum atomic E-state index is 12.6. The standard InChI is InChI=1S/C25H30N4O3/c1-25(2,3)32-24(30)28-14-13-17-11-12-19(26-20(17)16-28)23-18-8-4-5-9-21(18)29(27-23)22-10-6-7-15-31-22/h4-5,8-9,11-12,22H,6-7,10,13-16H2,1-3H3. The van der Waals surface area contributed by atoms with E-state index in [0.29, 0.717) is 13.1 Å². The summed E-state index contributed by atoms with van der Waals surface area (Å²) in [6, 6.07) is 12.4. The molecule has 168 valence electrons. The van der Waals surface area contributed by atoms with Crippen molar-refractivity contribution in [1.29, 1.82) is 0 Å². The fraction of sp³-hybridized carbons (Fsp3) is 0.480. The fourth-order valence-corrected chi connectivity index (χ4v) is 4.44. The highest BCUT2D eigenvalue weighted by Gasteiger charge is 2.27. The Morgan fingerprint density at radius 3 is 2.78 bits per heavy atom. The zero-order chi connectivity index (χ0) is 22.3. The van der Waals surface area contributed by atoms with Gasteiger partial charge in [-0.05, 0) is 64.2 Å². The second-order valence-electron chi connectivity index (χ2n) is 9.59. The number of hydrogen-bond donors (Lipinski definition) is 0. The normalized spacial score (nSPS) is 19.1. The van der Waals surface area contributed by atoms with Crippen LogP contribution in [-0.4, -0.2) is 44.5 Å². The zero-order valence-electron chi connectivity index (χ0n) is 19.0. The van der Waals surface area contributed by atoms with E-state index in [1.807, 2.05) is 43.7 Å². The molecule has 7 heteroatoms. The van der Waals surface area contributed by atoms with Crippen LogP contribution in [0.15, 0.2) is 36.4 Å². The molecule has 1 atom stereocenters. The van der Waals surface area contributed by atoms with E-state index in [4.69, 9.17) is 19.6 Å². The van der Waals surface area contributed by atoms with Crippen LogP contribution in [0.25, 0.3) is 22.3 Å². The Balaban J connectivity index is 1.48. The third-order valence-corrected chi connectivity index (χ3v) is 6.00. The van der Waals surface area contributed by atoms with Crippen molar-refractivity contribution >= 4 is 17.0 Å². The third-order valence-electron chi connectivity index (χ3n) is 6.00. The Kier molecular flexibility index (Phi) is 5.37. The first-order valence-corrected chi connectivity index (χ1v) is 11.4. The number of hydrogen-bond acceptors (Lipinski definition) is 5. The van der Waals surface area contributed by atoms with Crippen LogP contribution in [0.5, 0.6) is 0 Å². The lowest BCUT2D eigenvalue weighted by Gasteiger charge is -2.30. The predicted molar refractivity (Wildman–Crippen MR) is 122 cm³/mol. The van der Waals surface area contributed by atoms with Gasteiger partial charge in [0.05, 0.1) is 23.4 Å². The molecule has 4 heterocycles. The molecular formula is C25H30N4O3. The minimum atomic E-state index is -0.514. The largest absolute Gasteiger partial charge is 0.444 e. The minimum absolute atomic E-state index is 0.0392. The molecule has 1 unspecified atom stereocenters. The minimum Gasteiger partial charge on any atom is -0.444 e. The van der Waals surface area contributed by atoms with Gasteiger partial charge < -0.3 is 14.4 Å². The van der Waals surface area contributed by atoms with Gasteiger partial charge in [0.15, 0.2) is 6.23 Å². The van der Waals surface area contributed by atoms with E-state index in [1.165, 1.54) is 5.56 Å². The summed E-state index contributed by atoms with van der Waals surface area (Å²) >= 11 is 0. The number of fused-ring (bicyclic) bond motifs is 2. The maximum Gasteiger partial charge on any atom is 0.410 e. The molecular weight excluding hydrogens is 404 g/mol. The molecule has 5 rings (SSSR count). The van der Waals surface area contributed by atoms with Gasteiger partial charge in [-0.3, -0.25) is 0 Å². The van der Waals surface area contributed by atoms with Crippen molar-refractivity contribution in [3.05, 3.63) is 47.7 Å². The molecule has 2 aliphatic heterocycles. The molecule has 7 nitrogen and oxygen atoms in total. The van der Waals surface area contributed by atoms with E-state index in [0.717, 1.165) is 60.3 Å². The smallest absolute Gasteiger partial charge is 0.410 e. The highest BCUT2D eigenvalue weighted by molar-refractivity contribution is 5.92. The van der Waals surface area contributed by atoms with Crippen LogP contribution in [0.1, 0.15) is 57.5 Å². The van der Waals surface area contributed by atoms with Gasteiger partial charge >= 0.3 is 6.09 Å². The van der Waals surface area contributed by atoms with Crippen molar-refractivity contribution in [1.82, 2.24) is 19.7 Å². The summed E-state index contributed by atoms with van der Waals surface area (Å²) in [5.41, 5.74) is 4.30. The van der Waals surface area contributed by atoms with Crippen LogP contribution < -0.4 is 0 Å². The molecule has 3 aromatic rings. The quantitative estimate of drug-likeness (QED) is 0.562. The van der Waals surface area contributed by atoms with Crippen LogP contribution in [0, 0.1) is 0 Å². The van der Waals surface area contributed by atoms with E-state index in [1.54, 1.807) is 4.90 Å². The summed E-state index contributed by atoms with van der Waals surface area (Å²) in [4.78, 5) is 19.3. The summed E-state index contributed by atoms with van der Waals surface area (Å²) in [6.45, 7) is 7.51. The van der Waals surface area contributed by atoms with Crippen molar-refractivity contribution in [3.8, 4) is 11.4 Å². The average Bonchev–Trinajstić information content (AvgIpc) is 3.17. The predicted octanol–water partition coefficient (Wildman–Crippen LogP) is 5.09. The van der Waals surface area contributed by atoms with Gasteiger partial charge in [0.2, 0.25) is 0 Å². The van der Waals surface area contributed by atoms with Crippen LogP contribution in [0.2, 0.25) is 0 Å². The van der Waals surface area contributed by atoms with Crippen LogP contribution in [0.4, 0.5) is 4.79 Å². The lowest BCUT2D eigenvalue weighted by Crippen LogP contribution is -2.40. The molecule has 1 saturated heterocycles. The second-order valence-corrected chi connectivity index (χ2v) is 9.59. The summed E-state index contributed by atoms with van der Waals surface area (Å²) in [6.07, 6.45) is 3.65. The Hall–Kier alpha value is -2.93. The molecule has 0 bridgehead atoms. The fourth-order valence-electron chi connectivity index (χ4n) is 4.44. The summed E-state index contributed by atoms with van der Waals surface area (Å²) < 4.78 is 13.6. The lowest BCUT2D eigenvalue weighted by atomic mass is 10.0. The maximum absolute atomic E-state index is 12.6. The zero-order valence-corrected chi connectivity index (χ0v) is 19.0. The van der Waals surface area contributed by atoms with Gasteiger partial charge in [0, 0.05) is 18.5 Å². The molecule has 1 aromatic carbocycles. The number of pyridine rings is 1. The number of benzene rings is 1. The first-order chi connectivity index (χ1) is 15.4. The van der Waals surface area contributed by atoms with E-state index < -0.39 is 5.60 Å². The molecule has 2 aromatic heterocycles. The molecule has 32 heavy (non-hydrogen) atoms. The van der Waals surface area contributed by atoms with Gasteiger partial charge in [-0.15, -0.1) is 0 Å². The van der Waals surface area contributed by atoms with E-state index in [2.05, 4.69) is 18.2 Å². The summed E-state index contributed by atoms with van der Waals surface area (Å²) in [5.74, 6) is 0. The van der Waals surface area contributed by atoms with Crippen molar-refractivity contribution < 1.29 is 14.3 Å². The molecule has 1 fully saturated rings. The van der Waals surface area contributed by atoms with Gasteiger partial charge in [-0.25, -0.2) is 14.5 Å². The van der Waals surface area contributed by atoms with Crippen molar-refractivity contribution in [2.75, 3.05) is 13.2 Å². The topological polar surface area (TPSA) is 69.5 Å². The van der Waals surface area contributed by atoms with Gasteiger partial charge in [0.25, 0.3) is 0 Å². The van der Waals surface area contributed by atoms with Crippen molar-refractivity contribution in [2.24, 2.45) is 0 Å². The molecule has 1 amide bonds. The number of aromatic nitrogens is 3. The van der Waals surface area contributed by atoms with E-state index in [9.17, 15) is 4.79 Å². The monoisotopic (exact) mass is 434 g/mol. The van der Waals surface area contributed by atoms with E-state index >= 15 is 0 Å². The first kappa shape index (κ1) is 20.9. The number of nitrogens with zero attached hydrogens (tertiary/aromatic N) is 4. The van der Waals surface area contributed by atoms with Gasteiger partial charge in [0.1, 0.15) is 11.3 Å². The molecule has 2 aliphatic rings. The number of ether oxygens (including phenoxy) is 2. The molecule has 0 aliphatic carbocycles. The number of para-hydroxylation sites is 1. The molecule has 0 saturated carbocycles. The summed E-state index contributed by atoms with van der Waals surface area (Å²) in [7, 11) is 0. The molecule has 0 radical (unpaired) electrons. The molecule has 0 N–H and O–H groups in total. The number of rotatable bonds is 2. The number of amides is 1. The van der Waals surface area contributed by atoms with Crippen LogP contribution >= 0.6 is 0 Å². The van der Waals surface area contributed by atoms with Crippen molar-refractivity contribution in [3.63, 3.8) is 0 Å². The van der Waals surface area contributed by atoms with E-state index in [-0.39, 0.29) is 12.3 Å².